The average Bonchev–Trinajstić information content (AvgIpc) is 2.73. The van der Waals surface area contributed by atoms with E-state index in [1.165, 1.54) is 0 Å². The van der Waals surface area contributed by atoms with Gasteiger partial charge >= 0.3 is 0 Å². The van der Waals surface area contributed by atoms with Crippen LogP contribution in [0.25, 0.3) is 0 Å². The van der Waals surface area contributed by atoms with Gasteiger partial charge in [0.1, 0.15) is 6.10 Å². The highest BCUT2D eigenvalue weighted by molar-refractivity contribution is 9.10. The minimum absolute atomic E-state index is 0.538. The van der Waals surface area contributed by atoms with Crippen molar-refractivity contribution in [2.75, 3.05) is 0 Å². The van der Waals surface area contributed by atoms with Gasteiger partial charge in [0.15, 0.2) is 0 Å². The molecule has 2 heterocycles. The Bertz CT molecular complexity index is 395. The molecule has 0 aliphatic carbocycles. The summed E-state index contributed by atoms with van der Waals surface area (Å²) in [6, 6.07) is 5.81. The fourth-order valence-corrected chi connectivity index (χ4v) is 2.98. The molecule has 2 aromatic heterocycles. The average molecular weight is 272 g/mol. The molecule has 4 heteroatoms. The van der Waals surface area contributed by atoms with E-state index in [0.717, 1.165) is 15.0 Å². The quantitative estimate of drug-likeness (QED) is 0.893. The van der Waals surface area contributed by atoms with Crippen molar-refractivity contribution in [2.45, 2.75) is 6.10 Å². The van der Waals surface area contributed by atoms with E-state index in [4.69, 9.17) is 0 Å². The highest BCUT2D eigenvalue weighted by Crippen LogP contribution is 2.32. The van der Waals surface area contributed by atoms with Crippen LogP contribution in [-0.2, 0) is 7.05 Å². The van der Waals surface area contributed by atoms with Crippen LogP contribution in [-0.4, -0.2) is 9.67 Å². The molecule has 14 heavy (non-hydrogen) atoms. The molecular formula is C10H10BrNOS. The van der Waals surface area contributed by atoms with Gasteiger partial charge < -0.3 is 9.67 Å². The molecule has 0 aliphatic heterocycles. The lowest BCUT2D eigenvalue weighted by Gasteiger charge is -2.10. The zero-order valence-electron chi connectivity index (χ0n) is 7.64. The maximum atomic E-state index is 10.1. The van der Waals surface area contributed by atoms with E-state index in [1.54, 1.807) is 11.3 Å². The third-order valence-corrected chi connectivity index (χ3v) is 4.08. The normalized spacial score (nSPS) is 13.1. The second-order valence-electron chi connectivity index (χ2n) is 3.08. The summed E-state index contributed by atoms with van der Waals surface area (Å²) >= 11 is 4.97. The molecule has 1 N–H and O–H groups in total. The fraction of sp³-hybridized carbons (Fsp3) is 0.200. The minimum Gasteiger partial charge on any atom is -0.381 e. The van der Waals surface area contributed by atoms with Gasteiger partial charge in [-0.1, -0.05) is 0 Å². The SMILES string of the molecule is Cn1cccc1C(O)c1sccc1Br. The number of rotatable bonds is 2. The van der Waals surface area contributed by atoms with Gasteiger partial charge in [0, 0.05) is 17.7 Å². The molecule has 0 aliphatic rings. The van der Waals surface area contributed by atoms with E-state index in [1.807, 2.05) is 41.4 Å². The van der Waals surface area contributed by atoms with Gasteiger partial charge in [-0.25, -0.2) is 0 Å². The van der Waals surface area contributed by atoms with Gasteiger partial charge in [-0.05, 0) is 39.5 Å². The van der Waals surface area contributed by atoms with Crippen LogP contribution in [0.3, 0.4) is 0 Å². The van der Waals surface area contributed by atoms with Crippen molar-refractivity contribution >= 4 is 27.3 Å². The molecule has 0 bridgehead atoms. The zero-order valence-corrected chi connectivity index (χ0v) is 10.0. The Morgan fingerprint density at radius 3 is 2.79 bits per heavy atom. The van der Waals surface area contributed by atoms with Crippen LogP contribution in [0.15, 0.2) is 34.2 Å². The molecule has 0 radical (unpaired) electrons. The van der Waals surface area contributed by atoms with Crippen LogP contribution in [0.1, 0.15) is 16.7 Å². The van der Waals surface area contributed by atoms with E-state index in [9.17, 15) is 5.11 Å². The molecule has 0 amide bonds. The number of halogens is 1. The van der Waals surface area contributed by atoms with Crippen LogP contribution in [0, 0.1) is 0 Å². The predicted molar refractivity (Wildman–Crippen MR) is 61.5 cm³/mol. The second-order valence-corrected chi connectivity index (χ2v) is 4.88. The van der Waals surface area contributed by atoms with Crippen LogP contribution in [0.4, 0.5) is 0 Å². The van der Waals surface area contributed by atoms with Crippen molar-refractivity contribution in [3.8, 4) is 0 Å². The van der Waals surface area contributed by atoms with E-state index >= 15 is 0 Å². The third-order valence-electron chi connectivity index (χ3n) is 2.16. The summed E-state index contributed by atoms with van der Waals surface area (Å²) in [6.07, 6.45) is 1.39. The summed E-state index contributed by atoms with van der Waals surface area (Å²) in [7, 11) is 1.93. The number of aryl methyl sites for hydroxylation is 1. The van der Waals surface area contributed by atoms with Gasteiger partial charge in [0.05, 0.1) is 10.6 Å². The van der Waals surface area contributed by atoms with Crippen LogP contribution in [0.2, 0.25) is 0 Å². The number of aromatic nitrogens is 1. The summed E-state index contributed by atoms with van der Waals surface area (Å²) in [4.78, 5) is 0.951. The zero-order chi connectivity index (χ0) is 10.1. The monoisotopic (exact) mass is 271 g/mol. The Balaban J connectivity index is 2.38. The molecule has 74 valence electrons. The first-order valence-corrected chi connectivity index (χ1v) is 5.89. The molecule has 0 saturated heterocycles. The maximum absolute atomic E-state index is 10.1. The number of nitrogens with zero attached hydrogens (tertiary/aromatic N) is 1. The Morgan fingerprint density at radius 1 is 1.50 bits per heavy atom. The number of thiophene rings is 1. The first-order chi connectivity index (χ1) is 6.70. The van der Waals surface area contributed by atoms with Crippen molar-refractivity contribution < 1.29 is 5.11 Å². The Morgan fingerprint density at radius 2 is 2.29 bits per heavy atom. The molecule has 2 nitrogen and oxygen atoms in total. The Kier molecular flexibility index (Phi) is 2.76. The molecule has 2 rings (SSSR count). The van der Waals surface area contributed by atoms with E-state index in [-0.39, 0.29) is 0 Å². The first kappa shape index (κ1) is 9.96. The maximum Gasteiger partial charge on any atom is 0.129 e. The van der Waals surface area contributed by atoms with E-state index < -0.39 is 6.10 Å². The van der Waals surface area contributed by atoms with E-state index in [2.05, 4.69) is 15.9 Å². The van der Waals surface area contributed by atoms with Gasteiger partial charge in [0.2, 0.25) is 0 Å². The second kappa shape index (κ2) is 3.88. The highest BCUT2D eigenvalue weighted by Gasteiger charge is 2.16. The van der Waals surface area contributed by atoms with Crippen LogP contribution in [0.5, 0.6) is 0 Å². The number of aliphatic hydroxyl groups is 1. The summed E-state index contributed by atoms with van der Waals surface area (Å²) in [6.45, 7) is 0. The van der Waals surface area contributed by atoms with Crippen LogP contribution >= 0.6 is 27.3 Å². The molecule has 1 atom stereocenters. The van der Waals surface area contributed by atoms with E-state index in [0.29, 0.717) is 0 Å². The lowest BCUT2D eigenvalue weighted by atomic mass is 10.2. The standard InChI is InChI=1S/C10H10BrNOS/c1-12-5-2-3-8(12)9(13)10-7(11)4-6-14-10/h2-6,9,13H,1H3. The molecule has 0 spiro atoms. The van der Waals surface area contributed by atoms with Gasteiger partial charge in [0.25, 0.3) is 0 Å². The van der Waals surface area contributed by atoms with Crippen molar-refractivity contribution in [1.29, 1.82) is 0 Å². The molecule has 0 saturated carbocycles. The largest absolute Gasteiger partial charge is 0.381 e. The Hall–Kier alpha value is -0.580. The summed E-state index contributed by atoms with van der Waals surface area (Å²) in [5.74, 6) is 0. The number of aliphatic hydroxyl groups excluding tert-OH is 1. The van der Waals surface area contributed by atoms with Crippen molar-refractivity contribution in [1.82, 2.24) is 4.57 Å². The van der Waals surface area contributed by atoms with Crippen molar-refractivity contribution in [3.63, 3.8) is 0 Å². The minimum atomic E-state index is -0.538. The molecular weight excluding hydrogens is 262 g/mol. The predicted octanol–water partition coefficient (Wildman–Crippen LogP) is 2.93. The molecule has 1 unspecified atom stereocenters. The highest BCUT2D eigenvalue weighted by atomic mass is 79.9. The van der Waals surface area contributed by atoms with Crippen molar-refractivity contribution in [3.05, 3.63) is 44.8 Å². The number of hydrogen-bond donors (Lipinski definition) is 1. The van der Waals surface area contributed by atoms with Gasteiger partial charge in [-0.2, -0.15) is 0 Å². The fourth-order valence-electron chi connectivity index (χ4n) is 1.39. The third kappa shape index (κ3) is 1.65. The molecule has 0 fully saturated rings. The van der Waals surface area contributed by atoms with Gasteiger partial charge in [-0.15, -0.1) is 11.3 Å². The topological polar surface area (TPSA) is 25.2 Å². The van der Waals surface area contributed by atoms with Crippen LogP contribution < -0.4 is 0 Å². The molecule has 0 aromatic carbocycles. The molecule has 2 aromatic rings. The number of hydrogen-bond acceptors (Lipinski definition) is 2. The summed E-state index contributed by atoms with van der Waals surface area (Å²) in [5.41, 5.74) is 0.910. The first-order valence-electron chi connectivity index (χ1n) is 4.22. The van der Waals surface area contributed by atoms with Gasteiger partial charge in [-0.3, -0.25) is 0 Å². The lowest BCUT2D eigenvalue weighted by Crippen LogP contribution is -2.03. The lowest BCUT2D eigenvalue weighted by molar-refractivity contribution is 0.214. The van der Waals surface area contributed by atoms with Crippen molar-refractivity contribution in [2.24, 2.45) is 7.05 Å². The summed E-state index contributed by atoms with van der Waals surface area (Å²) < 4.78 is 2.90. The summed E-state index contributed by atoms with van der Waals surface area (Å²) in [5, 5.41) is 12.1. The smallest absolute Gasteiger partial charge is 0.129 e. The Labute approximate surface area is 94.9 Å².